The third kappa shape index (κ3) is 1.85. The first-order valence-corrected chi connectivity index (χ1v) is 7.31. The third-order valence-corrected chi connectivity index (χ3v) is 4.80. The Hall–Kier alpha value is -2.34. The van der Waals surface area contributed by atoms with Gasteiger partial charge in [-0.25, -0.2) is 16.8 Å². The van der Waals surface area contributed by atoms with Crippen LogP contribution in [0.25, 0.3) is 10.9 Å². The van der Waals surface area contributed by atoms with E-state index in [2.05, 4.69) is 0 Å². The van der Waals surface area contributed by atoms with Crippen LogP contribution in [0.5, 0.6) is 0 Å². The Bertz CT molecular complexity index is 883. The summed E-state index contributed by atoms with van der Waals surface area (Å²) in [5.74, 6) is -0.371. The van der Waals surface area contributed by atoms with Crippen molar-refractivity contribution in [3.8, 4) is 0 Å². The van der Waals surface area contributed by atoms with Gasteiger partial charge in [-0.05, 0) is 36.4 Å². The number of hydrogen-bond donors (Lipinski definition) is 1. The van der Waals surface area contributed by atoms with E-state index in [9.17, 15) is 12.8 Å². The maximum Gasteiger partial charge on any atom is 0.269 e. The Morgan fingerprint density at radius 1 is 1.00 bits per heavy atom. The van der Waals surface area contributed by atoms with Crippen molar-refractivity contribution in [1.29, 1.82) is 0 Å². The summed E-state index contributed by atoms with van der Waals surface area (Å²) in [5.41, 5.74) is 6.31. The highest BCUT2D eigenvalue weighted by Gasteiger charge is 2.21. The van der Waals surface area contributed by atoms with Crippen LogP contribution in [0, 0.1) is 5.82 Å². The van der Waals surface area contributed by atoms with Gasteiger partial charge in [0.15, 0.2) is 0 Å². The summed E-state index contributed by atoms with van der Waals surface area (Å²) in [6.45, 7) is 0. The topological polar surface area (TPSA) is 65.1 Å². The molecule has 0 aliphatic heterocycles. The number of nitrogen functional groups attached to an aromatic ring is 1. The minimum absolute atomic E-state index is 0.00745. The highest BCUT2D eigenvalue weighted by molar-refractivity contribution is 7.90. The molecule has 0 amide bonds. The fourth-order valence-electron chi connectivity index (χ4n) is 2.13. The van der Waals surface area contributed by atoms with Crippen molar-refractivity contribution in [3.05, 3.63) is 60.4 Å². The van der Waals surface area contributed by atoms with Crippen molar-refractivity contribution in [1.82, 2.24) is 3.97 Å². The van der Waals surface area contributed by atoms with Gasteiger partial charge < -0.3 is 5.73 Å². The molecule has 0 saturated heterocycles. The number of hydrogen-bond acceptors (Lipinski definition) is 3. The zero-order chi connectivity index (χ0) is 14.3. The van der Waals surface area contributed by atoms with Gasteiger partial charge in [-0.1, -0.05) is 18.2 Å². The van der Waals surface area contributed by atoms with Gasteiger partial charge in [-0.2, -0.15) is 0 Å². The molecule has 0 saturated carbocycles. The van der Waals surface area contributed by atoms with Gasteiger partial charge in [0, 0.05) is 5.39 Å². The number of rotatable bonds is 2. The van der Waals surface area contributed by atoms with Crippen molar-refractivity contribution in [2.75, 3.05) is 5.73 Å². The quantitative estimate of drug-likeness (QED) is 0.789. The molecule has 0 fully saturated rings. The van der Waals surface area contributed by atoms with Crippen LogP contribution in [0.2, 0.25) is 0 Å². The first-order chi connectivity index (χ1) is 9.50. The van der Waals surface area contributed by atoms with E-state index in [0.29, 0.717) is 5.52 Å². The Balaban J connectivity index is 2.29. The van der Waals surface area contributed by atoms with Crippen molar-refractivity contribution in [2.45, 2.75) is 4.90 Å². The number of halogens is 1. The molecule has 102 valence electrons. The Morgan fingerprint density at radius 2 is 1.65 bits per heavy atom. The van der Waals surface area contributed by atoms with Gasteiger partial charge in [0.1, 0.15) is 11.6 Å². The fraction of sp³-hybridized carbons (Fsp3) is 0. The van der Waals surface area contributed by atoms with Crippen LogP contribution >= 0.6 is 0 Å². The number of nitrogens with zero attached hydrogens (tertiary/aromatic N) is 1. The van der Waals surface area contributed by atoms with Gasteiger partial charge in [-0.15, -0.1) is 0 Å². The second-order valence-electron chi connectivity index (χ2n) is 4.35. The molecule has 6 heteroatoms. The molecule has 20 heavy (non-hydrogen) atoms. The predicted octanol–water partition coefficient (Wildman–Crippen LogP) is 2.60. The molecule has 0 aliphatic rings. The number of aromatic nitrogens is 1. The molecule has 0 bridgehead atoms. The van der Waals surface area contributed by atoms with Crippen LogP contribution in [-0.4, -0.2) is 12.4 Å². The second kappa shape index (κ2) is 4.35. The van der Waals surface area contributed by atoms with E-state index in [1.165, 1.54) is 12.1 Å². The number of benzene rings is 2. The third-order valence-electron chi connectivity index (χ3n) is 3.05. The lowest BCUT2D eigenvalue weighted by Crippen LogP contribution is -2.15. The summed E-state index contributed by atoms with van der Waals surface area (Å²) in [6, 6.07) is 13.2. The largest absolute Gasteiger partial charge is 0.384 e. The maximum absolute atomic E-state index is 12.9. The fourth-order valence-corrected chi connectivity index (χ4v) is 3.58. The smallest absolute Gasteiger partial charge is 0.269 e. The average molecular weight is 290 g/mol. The summed E-state index contributed by atoms with van der Waals surface area (Å²) >= 11 is 0. The minimum Gasteiger partial charge on any atom is -0.384 e. The van der Waals surface area contributed by atoms with Gasteiger partial charge >= 0.3 is 0 Å². The van der Waals surface area contributed by atoms with Crippen LogP contribution in [0.1, 0.15) is 0 Å². The molecule has 0 radical (unpaired) electrons. The lowest BCUT2D eigenvalue weighted by Gasteiger charge is -2.09. The van der Waals surface area contributed by atoms with Crippen molar-refractivity contribution >= 4 is 26.7 Å². The molecule has 0 atom stereocenters. The van der Waals surface area contributed by atoms with Crippen molar-refractivity contribution < 1.29 is 12.8 Å². The normalized spacial score (nSPS) is 11.8. The highest BCUT2D eigenvalue weighted by Crippen LogP contribution is 2.26. The SMILES string of the molecule is Nc1cc2ccccc2n1S(=O)(=O)c1ccc(F)cc1. The molecule has 2 aromatic carbocycles. The van der Waals surface area contributed by atoms with E-state index in [-0.39, 0.29) is 10.7 Å². The highest BCUT2D eigenvalue weighted by atomic mass is 32.2. The molecule has 1 aromatic heterocycles. The zero-order valence-corrected chi connectivity index (χ0v) is 11.1. The average Bonchev–Trinajstić information content (AvgIpc) is 2.75. The molecule has 0 spiro atoms. The lowest BCUT2D eigenvalue weighted by molar-refractivity contribution is 0.588. The molecular formula is C14H11FN2O2S. The molecule has 0 aliphatic carbocycles. The van der Waals surface area contributed by atoms with E-state index in [4.69, 9.17) is 5.73 Å². The maximum atomic E-state index is 12.9. The number of anilines is 1. The minimum atomic E-state index is -3.84. The Kier molecular flexibility index (Phi) is 2.76. The predicted molar refractivity (Wildman–Crippen MR) is 75.3 cm³/mol. The molecule has 3 aromatic rings. The lowest BCUT2D eigenvalue weighted by atomic mass is 10.3. The molecular weight excluding hydrogens is 279 g/mol. The summed E-state index contributed by atoms with van der Waals surface area (Å²) in [4.78, 5) is -0.00745. The monoisotopic (exact) mass is 290 g/mol. The standard InChI is InChI=1S/C14H11FN2O2S/c15-11-5-7-12(8-6-11)20(18,19)17-13-4-2-1-3-10(13)9-14(17)16/h1-9H,16H2. The van der Waals surface area contributed by atoms with E-state index in [1.54, 1.807) is 30.3 Å². The molecule has 2 N–H and O–H groups in total. The van der Waals surface area contributed by atoms with Gasteiger partial charge in [-0.3, -0.25) is 0 Å². The molecule has 1 heterocycles. The van der Waals surface area contributed by atoms with Crippen LogP contribution in [0.3, 0.4) is 0 Å². The summed E-state index contributed by atoms with van der Waals surface area (Å²) in [6.07, 6.45) is 0. The van der Waals surface area contributed by atoms with Gasteiger partial charge in [0.05, 0.1) is 10.4 Å². The van der Waals surface area contributed by atoms with Crippen LogP contribution in [0.15, 0.2) is 59.5 Å². The van der Waals surface area contributed by atoms with Gasteiger partial charge in [0.25, 0.3) is 10.0 Å². The first kappa shape index (κ1) is 12.7. The van der Waals surface area contributed by atoms with Crippen LogP contribution in [0.4, 0.5) is 10.2 Å². The summed E-state index contributed by atoms with van der Waals surface area (Å²) in [5, 5.41) is 0.732. The van der Waals surface area contributed by atoms with E-state index in [1.807, 2.05) is 0 Å². The number of fused-ring (bicyclic) bond motifs is 1. The second-order valence-corrected chi connectivity index (χ2v) is 6.14. The van der Waals surface area contributed by atoms with E-state index in [0.717, 1.165) is 21.5 Å². The van der Waals surface area contributed by atoms with Crippen molar-refractivity contribution in [2.24, 2.45) is 0 Å². The molecule has 4 nitrogen and oxygen atoms in total. The van der Waals surface area contributed by atoms with Crippen molar-refractivity contribution in [3.63, 3.8) is 0 Å². The molecule has 3 rings (SSSR count). The van der Waals surface area contributed by atoms with E-state index < -0.39 is 15.8 Å². The number of nitrogens with two attached hydrogens (primary N) is 1. The van der Waals surface area contributed by atoms with Crippen LogP contribution < -0.4 is 5.73 Å². The summed E-state index contributed by atoms with van der Waals surface area (Å²) in [7, 11) is -3.84. The Labute approximate surface area is 115 Å². The Morgan fingerprint density at radius 3 is 2.35 bits per heavy atom. The number of para-hydroxylation sites is 1. The molecule has 0 unspecified atom stereocenters. The summed E-state index contributed by atoms with van der Waals surface area (Å²) < 4.78 is 39.2. The first-order valence-electron chi connectivity index (χ1n) is 5.87. The zero-order valence-electron chi connectivity index (χ0n) is 10.3. The van der Waals surface area contributed by atoms with E-state index >= 15 is 0 Å². The van der Waals surface area contributed by atoms with Crippen LogP contribution in [-0.2, 0) is 10.0 Å². The van der Waals surface area contributed by atoms with Gasteiger partial charge in [0.2, 0.25) is 0 Å².